The molecular formula is C19H9Cl2N3O3S. The number of fused-ring (bicyclic) bond motifs is 2. The zero-order valence-electron chi connectivity index (χ0n) is 13.9. The Morgan fingerprint density at radius 1 is 1.04 bits per heavy atom. The molecule has 1 amide bonds. The van der Waals surface area contributed by atoms with Crippen molar-refractivity contribution in [2.24, 2.45) is 0 Å². The van der Waals surface area contributed by atoms with Crippen LogP contribution in [0, 0.1) is 0 Å². The van der Waals surface area contributed by atoms with Gasteiger partial charge in [-0.15, -0.1) is 10.2 Å². The first-order valence-corrected chi connectivity index (χ1v) is 9.79. The molecule has 0 unspecified atom stereocenters. The average molecular weight is 430 g/mol. The normalized spacial score (nSPS) is 16.0. The third-order valence-corrected chi connectivity index (χ3v) is 5.75. The molecule has 4 aromatic rings. The molecule has 138 valence electrons. The molecule has 0 saturated heterocycles. The number of carbonyl (C=O) groups is 1. The lowest BCUT2D eigenvalue weighted by Crippen LogP contribution is -2.29. The molecule has 9 heteroatoms. The van der Waals surface area contributed by atoms with Crippen LogP contribution in [0.4, 0.5) is 5.13 Å². The number of amides is 1. The maximum atomic E-state index is 13.3. The van der Waals surface area contributed by atoms with Crippen LogP contribution >= 0.6 is 34.5 Å². The van der Waals surface area contributed by atoms with Crippen LogP contribution in [-0.4, -0.2) is 16.1 Å². The number of rotatable bonds is 2. The summed E-state index contributed by atoms with van der Waals surface area (Å²) in [6.45, 7) is 0. The van der Waals surface area contributed by atoms with Gasteiger partial charge in [0, 0.05) is 10.0 Å². The molecule has 1 atom stereocenters. The summed E-state index contributed by atoms with van der Waals surface area (Å²) < 4.78 is 5.84. The van der Waals surface area contributed by atoms with Crippen LogP contribution in [0.5, 0.6) is 0 Å². The highest BCUT2D eigenvalue weighted by Crippen LogP contribution is 2.41. The van der Waals surface area contributed by atoms with Crippen LogP contribution in [0.3, 0.4) is 0 Å². The lowest BCUT2D eigenvalue weighted by Gasteiger charge is -2.22. The predicted octanol–water partition coefficient (Wildman–Crippen LogP) is 4.70. The summed E-state index contributed by atoms with van der Waals surface area (Å²) in [7, 11) is 0. The van der Waals surface area contributed by atoms with Crippen LogP contribution in [-0.2, 0) is 0 Å². The zero-order chi connectivity index (χ0) is 19.4. The molecule has 0 fully saturated rings. The summed E-state index contributed by atoms with van der Waals surface area (Å²) >= 11 is 13.3. The van der Waals surface area contributed by atoms with E-state index in [4.69, 9.17) is 27.6 Å². The van der Waals surface area contributed by atoms with Crippen molar-refractivity contribution in [2.45, 2.75) is 6.04 Å². The summed E-state index contributed by atoms with van der Waals surface area (Å²) in [6, 6.07) is 11.0. The molecule has 5 rings (SSSR count). The minimum absolute atomic E-state index is 0.00466. The second-order valence-electron chi connectivity index (χ2n) is 6.17. The van der Waals surface area contributed by atoms with Gasteiger partial charge in [0.2, 0.25) is 10.9 Å². The van der Waals surface area contributed by atoms with E-state index in [-0.39, 0.29) is 16.8 Å². The molecule has 6 nitrogen and oxygen atoms in total. The lowest BCUT2D eigenvalue weighted by molar-refractivity contribution is 0.0970. The van der Waals surface area contributed by atoms with Crippen LogP contribution < -0.4 is 10.3 Å². The van der Waals surface area contributed by atoms with Crippen molar-refractivity contribution in [1.29, 1.82) is 0 Å². The summed E-state index contributed by atoms with van der Waals surface area (Å²) in [5.41, 5.74) is 2.47. The Labute approximate surface area is 171 Å². The van der Waals surface area contributed by atoms with Crippen molar-refractivity contribution in [3.63, 3.8) is 0 Å². The van der Waals surface area contributed by atoms with E-state index in [1.54, 1.807) is 42.5 Å². The maximum absolute atomic E-state index is 13.3. The topological polar surface area (TPSA) is 76.3 Å². The second kappa shape index (κ2) is 6.41. The van der Waals surface area contributed by atoms with Gasteiger partial charge >= 0.3 is 0 Å². The van der Waals surface area contributed by atoms with E-state index < -0.39 is 11.9 Å². The van der Waals surface area contributed by atoms with Gasteiger partial charge in [0.25, 0.3) is 5.91 Å². The van der Waals surface area contributed by atoms with Crippen LogP contribution in [0.25, 0.3) is 11.0 Å². The van der Waals surface area contributed by atoms with Crippen molar-refractivity contribution < 1.29 is 9.21 Å². The van der Waals surface area contributed by atoms with Gasteiger partial charge in [-0.1, -0.05) is 46.7 Å². The van der Waals surface area contributed by atoms with Gasteiger partial charge in [0.1, 0.15) is 11.1 Å². The number of carbonyl (C=O) groups excluding carboxylic acids is 1. The zero-order valence-corrected chi connectivity index (χ0v) is 16.3. The number of benzene rings is 2. The van der Waals surface area contributed by atoms with Gasteiger partial charge in [-0.2, -0.15) is 0 Å². The van der Waals surface area contributed by atoms with Gasteiger partial charge < -0.3 is 4.42 Å². The highest BCUT2D eigenvalue weighted by Gasteiger charge is 2.44. The smallest absolute Gasteiger partial charge is 0.297 e. The Hall–Kier alpha value is -2.74. The monoisotopic (exact) mass is 429 g/mol. The minimum atomic E-state index is -0.702. The van der Waals surface area contributed by atoms with E-state index >= 15 is 0 Å². The van der Waals surface area contributed by atoms with Gasteiger partial charge in [-0.25, -0.2) is 0 Å². The molecule has 0 aliphatic carbocycles. The SMILES string of the molecule is O=C1c2oc3ccc(Cl)cc3c(=O)c2[C@H](c2ccc(Cl)cc2)N1c1nncs1. The first-order chi connectivity index (χ1) is 13.5. The van der Waals surface area contributed by atoms with Crippen LogP contribution in [0.15, 0.2) is 57.2 Å². The van der Waals surface area contributed by atoms with Crippen molar-refractivity contribution in [1.82, 2.24) is 10.2 Å². The van der Waals surface area contributed by atoms with Gasteiger partial charge in [0.15, 0.2) is 5.43 Å². The Balaban J connectivity index is 1.83. The van der Waals surface area contributed by atoms with Crippen LogP contribution in [0.2, 0.25) is 10.0 Å². The highest BCUT2D eigenvalue weighted by molar-refractivity contribution is 7.13. The van der Waals surface area contributed by atoms with Crippen molar-refractivity contribution >= 4 is 56.5 Å². The molecule has 28 heavy (non-hydrogen) atoms. The molecule has 2 aromatic carbocycles. The quantitative estimate of drug-likeness (QED) is 0.461. The molecule has 0 bridgehead atoms. The number of aromatic nitrogens is 2. The fourth-order valence-corrected chi connectivity index (χ4v) is 4.26. The minimum Gasteiger partial charge on any atom is -0.450 e. The Bertz CT molecular complexity index is 1290. The van der Waals surface area contributed by atoms with Crippen molar-refractivity contribution in [2.75, 3.05) is 4.90 Å². The summed E-state index contributed by atoms with van der Waals surface area (Å²) in [4.78, 5) is 27.9. The molecule has 0 spiro atoms. The summed E-state index contributed by atoms with van der Waals surface area (Å²) in [6.07, 6.45) is 0. The lowest BCUT2D eigenvalue weighted by atomic mass is 9.99. The number of halogens is 2. The Morgan fingerprint density at radius 2 is 1.79 bits per heavy atom. The largest absolute Gasteiger partial charge is 0.450 e. The first kappa shape index (κ1) is 17.4. The molecular weight excluding hydrogens is 421 g/mol. The van der Waals surface area contributed by atoms with E-state index in [1.807, 2.05) is 0 Å². The number of nitrogens with zero attached hydrogens (tertiary/aromatic N) is 3. The summed E-state index contributed by atoms with van der Waals surface area (Å²) in [5.74, 6) is -0.448. The fourth-order valence-electron chi connectivity index (χ4n) is 3.38. The van der Waals surface area contributed by atoms with E-state index in [1.165, 1.54) is 21.7 Å². The highest BCUT2D eigenvalue weighted by atomic mass is 35.5. The molecule has 1 aliphatic rings. The summed E-state index contributed by atoms with van der Waals surface area (Å²) in [5, 5.41) is 9.49. The van der Waals surface area contributed by atoms with E-state index in [0.717, 1.165) is 0 Å². The molecule has 0 saturated carbocycles. The van der Waals surface area contributed by atoms with Crippen molar-refractivity contribution in [3.05, 3.63) is 85.1 Å². The second-order valence-corrected chi connectivity index (χ2v) is 7.85. The molecule has 1 aliphatic heterocycles. The Kier molecular flexibility index (Phi) is 3.97. The number of hydrogen-bond donors (Lipinski definition) is 0. The number of hydrogen-bond acceptors (Lipinski definition) is 6. The van der Waals surface area contributed by atoms with E-state index in [2.05, 4.69) is 10.2 Å². The molecule has 2 aromatic heterocycles. The fraction of sp³-hybridized carbons (Fsp3) is 0.0526. The molecule has 0 radical (unpaired) electrons. The maximum Gasteiger partial charge on any atom is 0.297 e. The van der Waals surface area contributed by atoms with E-state index in [9.17, 15) is 9.59 Å². The third-order valence-electron chi connectivity index (χ3n) is 4.57. The average Bonchev–Trinajstić information content (AvgIpc) is 3.30. The molecule has 3 heterocycles. The predicted molar refractivity (Wildman–Crippen MR) is 108 cm³/mol. The number of anilines is 1. The van der Waals surface area contributed by atoms with Crippen LogP contribution in [0.1, 0.15) is 27.7 Å². The molecule has 0 N–H and O–H groups in total. The third kappa shape index (κ3) is 2.55. The van der Waals surface area contributed by atoms with Crippen molar-refractivity contribution in [3.8, 4) is 0 Å². The van der Waals surface area contributed by atoms with Gasteiger partial charge in [0.05, 0.1) is 17.0 Å². The van der Waals surface area contributed by atoms with Gasteiger partial charge in [-0.3, -0.25) is 14.5 Å². The standard InChI is InChI=1S/C19H9Cl2N3O3S/c20-10-3-1-9(2-4-10)15-14-16(25)12-7-11(21)5-6-13(12)27-17(14)18(26)24(15)19-23-22-8-28-19/h1-8,15H/t15-/m0/s1. The Morgan fingerprint density at radius 3 is 2.50 bits per heavy atom. The van der Waals surface area contributed by atoms with E-state index in [0.29, 0.717) is 31.7 Å². The first-order valence-electron chi connectivity index (χ1n) is 8.16. The van der Waals surface area contributed by atoms with Gasteiger partial charge in [-0.05, 0) is 35.9 Å².